The van der Waals surface area contributed by atoms with Gasteiger partial charge < -0.3 is 4.90 Å². The predicted molar refractivity (Wildman–Crippen MR) is 86.8 cm³/mol. The molecule has 2 aliphatic heterocycles. The molecule has 1 aromatic rings. The Bertz CT molecular complexity index is 584. The molecular formula is C16H21N3S. The van der Waals surface area contributed by atoms with Crippen LogP contribution in [0.3, 0.4) is 0 Å². The first-order valence-corrected chi connectivity index (χ1v) is 7.95. The lowest BCUT2D eigenvalue weighted by Gasteiger charge is -2.37. The zero-order valence-electron chi connectivity index (χ0n) is 12.6. The summed E-state index contributed by atoms with van der Waals surface area (Å²) in [5.41, 5.74) is 1.18. The Balaban J connectivity index is 2.11. The molecule has 106 valence electrons. The van der Waals surface area contributed by atoms with Crippen LogP contribution in [0.1, 0.15) is 33.3 Å². The molecule has 1 aromatic carbocycles. The van der Waals surface area contributed by atoms with E-state index in [9.17, 15) is 0 Å². The quantitative estimate of drug-likeness (QED) is 0.728. The van der Waals surface area contributed by atoms with E-state index in [1.54, 1.807) is 11.8 Å². The molecule has 4 heteroatoms. The fourth-order valence-corrected chi connectivity index (χ4v) is 3.65. The van der Waals surface area contributed by atoms with E-state index in [-0.39, 0.29) is 5.54 Å². The Kier molecular flexibility index (Phi) is 3.36. The molecule has 0 saturated carbocycles. The van der Waals surface area contributed by atoms with Gasteiger partial charge >= 0.3 is 0 Å². The topological polar surface area (TPSA) is 28.0 Å². The van der Waals surface area contributed by atoms with Gasteiger partial charge in [0.1, 0.15) is 5.84 Å². The Hall–Kier alpha value is -1.29. The monoisotopic (exact) mass is 287 g/mol. The van der Waals surface area contributed by atoms with Gasteiger partial charge in [-0.3, -0.25) is 9.98 Å². The lowest BCUT2D eigenvalue weighted by atomic mass is 10.1. The van der Waals surface area contributed by atoms with Crippen LogP contribution in [0.2, 0.25) is 0 Å². The second kappa shape index (κ2) is 4.92. The SMILES string of the molecule is CC1CN=C2c3ccccc3SC(=NC(C)(C)C)N2C1. The van der Waals surface area contributed by atoms with Gasteiger partial charge in [-0.2, -0.15) is 0 Å². The van der Waals surface area contributed by atoms with Crippen LogP contribution in [0.5, 0.6) is 0 Å². The van der Waals surface area contributed by atoms with Crippen molar-refractivity contribution in [1.29, 1.82) is 0 Å². The van der Waals surface area contributed by atoms with Crippen molar-refractivity contribution >= 4 is 22.8 Å². The molecule has 0 bridgehead atoms. The van der Waals surface area contributed by atoms with E-state index in [0.717, 1.165) is 24.1 Å². The maximum atomic E-state index is 4.91. The lowest BCUT2D eigenvalue weighted by molar-refractivity contribution is 0.436. The Labute approximate surface area is 125 Å². The minimum atomic E-state index is -0.0690. The molecule has 2 heterocycles. The molecule has 0 amide bonds. The summed E-state index contributed by atoms with van der Waals surface area (Å²) < 4.78 is 0. The fourth-order valence-electron chi connectivity index (χ4n) is 2.45. The van der Waals surface area contributed by atoms with Gasteiger partial charge in [-0.1, -0.05) is 36.9 Å². The zero-order valence-corrected chi connectivity index (χ0v) is 13.4. The number of fused-ring (bicyclic) bond motifs is 3. The summed E-state index contributed by atoms with van der Waals surface area (Å²) in [6, 6.07) is 8.50. The number of hydrogen-bond donors (Lipinski definition) is 0. The minimum absolute atomic E-state index is 0.0690. The summed E-state index contributed by atoms with van der Waals surface area (Å²) in [7, 11) is 0. The van der Waals surface area contributed by atoms with Crippen molar-refractivity contribution in [2.45, 2.75) is 38.1 Å². The van der Waals surface area contributed by atoms with E-state index in [1.807, 2.05) is 0 Å². The summed E-state index contributed by atoms with van der Waals surface area (Å²) in [6.07, 6.45) is 0. The van der Waals surface area contributed by atoms with Crippen molar-refractivity contribution < 1.29 is 0 Å². The highest BCUT2D eigenvalue weighted by molar-refractivity contribution is 8.14. The van der Waals surface area contributed by atoms with E-state index >= 15 is 0 Å². The third-order valence-electron chi connectivity index (χ3n) is 3.29. The van der Waals surface area contributed by atoms with E-state index < -0.39 is 0 Å². The van der Waals surface area contributed by atoms with E-state index in [2.05, 4.69) is 56.9 Å². The molecule has 0 fully saturated rings. The second-order valence-corrected chi connectivity index (χ2v) is 7.55. The molecule has 0 aromatic heterocycles. The van der Waals surface area contributed by atoms with Crippen LogP contribution in [-0.4, -0.2) is 34.5 Å². The molecule has 20 heavy (non-hydrogen) atoms. The molecule has 0 aliphatic carbocycles. The predicted octanol–water partition coefficient (Wildman–Crippen LogP) is 3.65. The van der Waals surface area contributed by atoms with Crippen LogP contribution >= 0.6 is 11.8 Å². The molecule has 1 atom stereocenters. The van der Waals surface area contributed by atoms with Crippen LogP contribution in [0.15, 0.2) is 39.1 Å². The highest BCUT2D eigenvalue weighted by Crippen LogP contribution is 2.35. The number of aliphatic imine (C=N–C) groups is 2. The Morgan fingerprint density at radius 2 is 2.05 bits per heavy atom. The Morgan fingerprint density at radius 1 is 1.30 bits per heavy atom. The van der Waals surface area contributed by atoms with Gasteiger partial charge in [0, 0.05) is 23.5 Å². The molecule has 0 spiro atoms. The summed E-state index contributed by atoms with van der Waals surface area (Å²) in [5.74, 6) is 1.68. The van der Waals surface area contributed by atoms with Crippen LogP contribution in [-0.2, 0) is 0 Å². The number of amidine groups is 2. The van der Waals surface area contributed by atoms with Gasteiger partial charge in [0.2, 0.25) is 0 Å². The summed E-state index contributed by atoms with van der Waals surface area (Å²) >= 11 is 1.77. The fraction of sp³-hybridized carbons (Fsp3) is 0.500. The third-order valence-corrected chi connectivity index (χ3v) is 4.36. The van der Waals surface area contributed by atoms with Crippen molar-refractivity contribution in [2.75, 3.05) is 13.1 Å². The largest absolute Gasteiger partial charge is 0.305 e. The third kappa shape index (κ3) is 2.62. The molecule has 1 unspecified atom stereocenters. The summed E-state index contributed by atoms with van der Waals surface area (Å²) in [6.45, 7) is 10.6. The number of nitrogens with zero attached hydrogens (tertiary/aromatic N) is 3. The molecule has 3 nitrogen and oxygen atoms in total. The van der Waals surface area contributed by atoms with Crippen LogP contribution in [0.4, 0.5) is 0 Å². The van der Waals surface area contributed by atoms with Crippen LogP contribution < -0.4 is 0 Å². The first-order valence-electron chi connectivity index (χ1n) is 7.13. The van der Waals surface area contributed by atoms with E-state index in [1.165, 1.54) is 10.5 Å². The number of thioether (sulfide) groups is 1. The van der Waals surface area contributed by atoms with Gasteiger partial charge in [-0.15, -0.1) is 0 Å². The smallest absolute Gasteiger partial charge is 0.170 e. The number of rotatable bonds is 0. The van der Waals surface area contributed by atoms with Gasteiger partial charge in [0.05, 0.1) is 5.54 Å². The first kappa shape index (κ1) is 13.7. The molecule has 0 saturated heterocycles. The van der Waals surface area contributed by atoms with Crippen molar-refractivity contribution in [2.24, 2.45) is 15.9 Å². The molecular weight excluding hydrogens is 266 g/mol. The first-order chi connectivity index (χ1) is 9.44. The minimum Gasteiger partial charge on any atom is -0.305 e. The second-order valence-electron chi connectivity index (χ2n) is 6.54. The number of hydrogen-bond acceptors (Lipinski definition) is 3. The normalized spacial score (nSPS) is 24.2. The van der Waals surface area contributed by atoms with E-state index in [4.69, 9.17) is 9.98 Å². The Morgan fingerprint density at radius 3 is 2.80 bits per heavy atom. The zero-order chi connectivity index (χ0) is 14.3. The van der Waals surface area contributed by atoms with Crippen molar-refractivity contribution in [1.82, 2.24) is 4.90 Å². The van der Waals surface area contributed by atoms with Crippen LogP contribution in [0, 0.1) is 5.92 Å². The molecule has 2 aliphatic rings. The van der Waals surface area contributed by atoms with Gasteiger partial charge in [0.15, 0.2) is 5.17 Å². The van der Waals surface area contributed by atoms with Gasteiger partial charge in [-0.05, 0) is 32.8 Å². The highest BCUT2D eigenvalue weighted by atomic mass is 32.2. The maximum Gasteiger partial charge on any atom is 0.170 e. The van der Waals surface area contributed by atoms with Crippen LogP contribution in [0.25, 0.3) is 0 Å². The maximum absolute atomic E-state index is 4.91. The van der Waals surface area contributed by atoms with Crippen molar-refractivity contribution in [3.05, 3.63) is 29.8 Å². The van der Waals surface area contributed by atoms with Gasteiger partial charge in [-0.25, -0.2) is 0 Å². The number of benzene rings is 1. The molecule has 3 rings (SSSR count). The molecule has 0 N–H and O–H groups in total. The highest BCUT2D eigenvalue weighted by Gasteiger charge is 2.32. The van der Waals surface area contributed by atoms with E-state index in [0.29, 0.717) is 5.92 Å². The van der Waals surface area contributed by atoms with Gasteiger partial charge in [0.25, 0.3) is 0 Å². The molecule has 0 radical (unpaired) electrons. The lowest BCUT2D eigenvalue weighted by Crippen LogP contribution is -2.46. The van der Waals surface area contributed by atoms with Crippen molar-refractivity contribution in [3.8, 4) is 0 Å². The summed E-state index contributed by atoms with van der Waals surface area (Å²) in [4.78, 5) is 13.3. The van der Waals surface area contributed by atoms with Crippen molar-refractivity contribution in [3.63, 3.8) is 0 Å². The average molecular weight is 287 g/mol. The standard InChI is InChI=1S/C16H21N3S/c1-11-9-17-14-12-7-5-6-8-13(12)20-15(19(14)10-11)18-16(2,3)4/h5-8,11H,9-10H2,1-4H3. The average Bonchev–Trinajstić information content (AvgIpc) is 2.37. The summed E-state index contributed by atoms with van der Waals surface area (Å²) in [5, 5.41) is 1.08.